The van der Waals surface area contributed by atoms with Crippen LogP contribution in [0.15, 0.2) is 16.9 Å². The van der Waals surface area contributed by atoms with Gasteiger partial charge in [-0.25, -0.2) is 5.10 Å². The number of carbonyl (C=O) groups is 1. The second-order valence-electron chi connectivity index (χ2n) is 5.34. The van der Waals surface area contributed by atoms with E-state index in [4.69, 9.17) is 0 Å². The van der Waals surface area contributed by atoms with E-state index >= 15 is 0 Å². The highest BCUT2D eigenvalue weighted by molar-refractivity contribution is 5.92. The monoisotopic (exact) mass is 262 g/mol. The molecule has 0 bridgehead atoms. The van der Waals surface area contributed by atoms with Crippen molar-refractivity contribution in [1.29, 1.82) is 0 Å². The van der Waals surface area contributed by atoms with Gasteiger partial charge in [0.1, 0.15) is 5.69 Å². The molecule has 1 amide bonds. The molecule has 1 aliphatic heterocycles. The molecule has 102 valence electrons. The van der Waals surface area contributed by atoms with Crippen LogP contribution < -0.4 is 5.56 Å². The molecule has 0 aromatic carbocycles. The van der Waals surface area contributed by atoms with Crippen LogP contribution in [0.4, 0.5) is 0 Å². The highest BCUT2D eigenvalue weighted by atomic mass is 16.2. The van der Waals surface area contributed by atoms with Crippen LogP contribution in [-0.4, -0.2) is 58.6 Å². The summed E-state index contributed by atoms with van der Waals surface area (Å²) < 4.78 is 0. The summed E-state index contributed by atoms with van der Waals surface area (Å²) in [5, 5.41) is 6.09. The first-order chi connectivity index (χ1) is 9.22. The van der Waals surface area contributed by atoms with Crippen LogP contribution >= 0.6 is 0 Å². The van der Waals surface area contributed by atoms with Crippen molar-refractivity contribution >= 4 is 5.91 Å². The first-order valence-corrected chi connectivity index (χ1v) is 6.80. The predicted octanol–water partition coefficient (Wildman–Crippen LogP) is -0.0623. The van der Waals surface area contributed by atoms with Gasteiger partial charge in [0.15, 0.2) is 0 Å². The zero-order valence-electron chi connectivity index (χ0n) is 10.8. The maximum absolute atomic E-state index is 12.2. The van der Waals surface area contributed by atoms with Gasteiger partial charge in [0.05, 0.1) is 0 Å². The number of rotatable bonds is 3. The third-order valence-corrected chi connectivity index (χ3v) is 3.77. The van der Waals surface area contributed by atoms with Gasteiger partial charge < -0.3 is 4.90 Å². The summed E-state index contributed by atoms with van der Waals surface area (Å²) in [7, 11) is 0. The molecular weight excluding hydrogens is 244 g/mol. The second kappa shape index (κ2) is 5.13. The Balaban J connectivity index is 1.56. The molecule has 1 aromatic rings. The predicted molar refractivity (Wildman–Crippen MR) is 69.9 cm³/mol. The van der Waals surface area contributed by atoms with Crippen LogP contribution in [0.2, 0.25) is 0 Å². The first kappa shape index (κ1) is 12.3. The highest BCUT2D eigenvalue weighted by Crippen LogP contribution is 2.29. The molecule has 1 saturated heterocycles. The summed E-state index contributed by atoms with van der Waals surface area (Å²) in [6.45, 7) is 4.54. The lowest BCUT2D eigenvalue weighted by molar-refractivity contribution is 0.0625. The second-order valence-corrected chi connectivity index (χ2v) is 5.34. The lowest BCUT2D eigenvalue weighted by Crippen LogP contribution is -2.49. The quantitative estimate of drug-likeness (QED) is 0.828. The fraction of sp³-hybridized carbons (Fsp3) is 0.615. The van der Waals surface area contributed by atoms with Crippen LogP contribution in [0, 0.1) is 5.92 Å². The smallest absolute Gasteiger partial charge is 0.274 e. The largest absolute Gasteiger partial charge is 0.335 e. The summed E-state index contributed by atoms with van der Waals surface area (Å²) in [6, 6.07) is 2.82. The van der Waals surface area contributed by atoms with Gasteiger partial charge in [0.25, 0.3) is 11.5 Å². The van der Waals surface area contributed by atoms with Crippen molar-refractivity contribution in [3.05, 3.63) is 28.2 Å². The van der Waals surface area contributed by atoms with Crippen LogP contribution in [0.1, 0.15) is 23.3 Å². The Labute approximate surface area is 111 Å². The van der Waals surface area contributed by atoms with Crippen molar-refractivity contribution < 1.29 is 4.79 Å². The van der Waals surface area contributed by atoms with Crippen molar-refractivity contribution in [3.63, 3.8) is 0 Å². The molecule has 19 heavy (non-hydrogen) atoms. The molecule has 2 heterocycles. The first-order valence-electron chi connectivity index (χ1n) is 6.80. The fourth-order valence-electron chi connectivity index (χ4n) is 2.42. The van der Waals surface area contributed by atoms with Crippen molar-refractivity contribution in [2.24, 2.45) is 5.92 Å². The van der Waals surface area contributed by atoms with E-state index in [1.54, 1.807) is 0 Å². The summed E-state index contributed by atoms with van der Waals surface area (Å²) in [5.41, 5.74) is 0.0287. The average Bonchev–Trinajstić information content (AvgIpc) is 3.24. The van der Waals surface area contributed by atoms with E-state index in [-0.39, 0.29) is 11.5 Å². The van der Waals surface area contributed by atoms with Crippen LogP contribution in [-0.2, 0) is 0 Å². The molecule has 6 nitrogen and oxygen atoms in total. The van der Waals surface area contributed by atoms with Crippen molar-refractivity contribution in [3.8, 4) is 0 Å². The molecule has 0 unspecified atom stereocenters. The molecule has 1 N–H and O–H groups in total. The zero-order chi connectivity index (χ0) is 13.2. The minimum absolute atomic E-state index is 0.0951. The van der Waals surface area contributed by atoms with E-state index in [1.807, 2.05) is 4.90 Å². The number of nitrogens with one attached hydrogen (secondary N) is 1. The van der Waals surface area contributed by atoms with Crippen molar-refractivity contribution in [1.82, 2.24) is 20.0 Å². The number of hydrogen-bond donors (Lipinski definition) is 1. The molecule has 1 aliphatic carbocycles. The van der Waals surface area contributed by atoms with E-state index in [1.165, 1.54) is 31.5 Å². The van der Waals surface area contributed by atoms with E-state index in [0.717, 1.165) is 32.1 Å². The normalized spacial score (nSPS) is 20.5. The van der Waals surface area contributed by atoms with Gasteiger partial charge in [-0.2, -0.15) is 5.10 Å². The van der Waals surface area contributed by atoms with Crippen molar-refractivity contribution in [2.75, 3.05) is 32.7 Å². The number of amides is 1. The Hall–Kier alpha value is -1.69. The Morgan fingerprint density at radius 2 is 2.00 bits per heavy atom. The number of hydrogen-bond acceptors (Lipinski definition) is 4. The minimum atomic E-state index is -0.286. The Morgan fingerprint density at radius 3 is 2.58 bits per heavy atom. The molecule has 1 aromatic heterocycles. The van der Waals surface area contributed by atoms with Gasteiger partial charge >= 0.3 is 0 Å². The number of H-pyrrole nitrogens is 1. The Kier molecular flexibility index (Phi) is 3.33. The Bertz CT molecular complexity index is 495. The average molecular weight is 262 g/mol. The molecule has 3 rings (SSSR count). The van der Waals surface area contributed by atoms with Gasteiger partial charge in [-0.05, 0) is 24.8 Å². The van der Waals surface area contributed by atoms with Crippen LogP contribution in [0.25, 0.3) is 0 Å². The third kappa shape index (κ3) is 3.01. The molecule has 6 heteroatoms. The van der Waals surface area contributed by atoms with Crippen LogP contribution in [0.5, 0.6) is 0 Å². The summed E-state index contributed by atoms with van der Waals surface area (Å²) >= 11 is 0. The molecule has 0 radical (unpaired) electrons. The van der Waals surface area contributed by atoms with Gasteiger partial charge in [-0.1, -0.05) is 0 Å². The maximum atomic E-state index is 12.2. The van der Waals surface area contributed by atoms with Crippen LogP contribution in [0.3, 0.4) is 0 Å². The molecule has 2 fully saturated rings. The van der Waals surface area contributed by atoms with Crippen molar-refractivity contribution in [2.45, 2.75) is 12.8 Å². The number of aromatic nitrogens is 2. The minimum Gasteiger partial charge on any atom is -0.335 e. The molecule has 1 saturated carbocycles. The number of carbonyl (C=O) groups excluding carboxylic acids is 1. The molecule has 0 atom stereocenters. The fourth-order valence-corrected chi connectivity index (χ4v) is 2.42. The standard InChI is InChI=1S/C13H18N4O2/c18-12-4-3-11(14-15-12)13(19)17-7-5-16(6-8-17)9-10-1-2-10/h3-4,10H,1-2,5-9H2,(H,15,18). The number of aromatic amines is 1. The van der Waals surface area contributed by atoms with E-state index < -0.39 is 0 Å². The topological polar surface area (TPSA) is 69.3 Å². The lowest BCUT2D eigenvalue weighted by atomic mass is 10.2. The Morgan fingerprint density at radius 1 is 1.26 bits per heavy atom. The number of piperazine rings is 1. The van der Waals surface area contributed by atoms with E-state index in [9.17, 15) is 9.59 Å². The SMILES string of the molecule is O=C(c1ccc(=O)[nH]n1)N1CCN(CC2CC2)CC1. The van der Waals surface area contributed by atoms with Gasteiger partial charge in [0, 0.05) is 38.8 Å². The maximum Gasteiger partial charge on any atom is 0.274 e. The van der Waals surface area contributed by atoms with Gasteiger partial charge in [-0.3, -0.25) is 14.5 Å². The summed E-state index contributed by atoms with van der Waals surface area (Å²) in [6.07, 6.45) is 2.72. The molecule has 2 aliphatic rings. The summed E-state index contributed by atoms with van der Waals surface area (Å²) in [5.74, 6) is 0.797. The highest BCUT2D eigenvalue weighted by Gasteiger charge is 2.28. The van der Waals surface area contributed by atoms with E-state index in [2.05, 4.69) is 15.1 Å². The molecule has 0 spiro atoms. The lowest BCUT2D eigenvalue weighted by Gasteiger charge is -2.34. The zero-order valence-corrected chi connectivity index (χ0v) is 10.8. The van der Waals surface area contributed by atoms with Gasteiger partial charge in [0.2, 0.25) is 0 Å². The number of nitrogens with zero attached hydrogens (tertiary/aromatic N) is 3. The molecular formula is C13H18N4O2. The van der Waals surface area contributed by atoms with Gasteiger partial charge in [-0.15, -0.1) is 0 Å². The third-order valence-electron chi connectivity index (χ3n) is 3.77. The van der Waals surface area contributed by atoms with E-state index in [0.29, 0.717) is 5.69 Å². The summed E-state index contributed by atoms with van der Waals surface area (Å²) in [4.78, 5) is 27.3.